The molecule has 0 amide bonds. The molecular weight excluding hydrogens is 336 g/mol. The molecule has 1 saturated heterocycles. The predicted molar refractivity (Wildman–Crippen MR) is 96.5 cm³/mol. The van der Waals surface area contributed by atoms with Crippen LogP contribution in [0.2, 0.25) is 0 Å². The number of piperazine rings is 1. The van der Waals surface area contributed by atoms with Crippen molar-refractivity contribution in [2.24, 2.45) is 0 Å². The number of rotatable bonds is 3. The maximum absolute atomic E-state index is 13.0. The highest BCUT2D eigenvalue weighted by Gasteiger charge is 2.25. The van der Waals surface area contributed by atoms with Gasteiger partial charge in [0.15, 0.2) is 10.8 Å². The SMILES string of the molecule is O=S(=O)(c1ccccc1)c1nnc(N2CCNCC2)c2ccccc12. The summed E-state index contributed by atoms with van der Waals surface area (Å²) in [4.78, 5) is 2.37. The molecule has 1 N–H and O–H groups in total. The molecule has 0 saturated carbocycles. The summed E-state index contributed by atoms with van der Waals surface area (Å²) in [5.74, 6) is 0.740. The topological polar surface area (TPSA) is 75.2 Å². The number of benzene rings is 2. The summed E-state index contributed by atoms with van der Waals surface area (Å²) >= 11 is 0. The molecule has 0 radical (unpaired) electrons. The highest BCUT2D eigenvalue weighted by atomic mass is 32.2. The van der Waals surface area contributed by atoms with Crippen LogP contribution in [0.3, 0.4) is 0 Å². The average Bonchev–Trinajstić information content (AvgIpc) is 2.68. The monoisotopic (exact) mass is 354 g/mol. The van der Waals surface area contributed by atoms with Crippen molar-refractivity contribution in [3.8, 4) is 0 Å². The van der Waals surface area contributed by atoms with Crippen LogP contribution in [0, 0.1) is 0 Å². The lowest BCUT2D eigenvalue weighted by atomic mass is 10.2. The van der Waals surface area contributed by atoms with E-state index in [1.54, 1.807) is 36.4 Å². The predicted octanol–water partition coefficient (Wildman–Crippen LogP) is 1.87. The molecule has 0 bridgehead atoms. The van der Waals surface area contributed by atoms with Crippen molar-refractivity contribution in [2.45, 2.75) is 9.92 Å². The number of sulfone groups is 1. The lowest BCUT2D eigenvalue weighted by Crippen LogP contribution is -2.44. The van der Waals surface area contributed by atoms with Gasteiger partial charge < -0.3 is 10.2 Å². The maximum atomic E-state index is 13.0. The molecule has 1 aromatic heterocycles. The van der Waals surface area contributed by atoms with Crippen LogP contribution >= 0.6 is 0 Å². The minimum atomic E-state index is -3.72. The largest absolute Gasteiger partial charge is 0.352 e. The zero-order valence-electron chi connectivity index (χ0n) is 13.6. The number of nitrogens with zero attached hydrogens (tertiary/aromatic N) is 3. The highest BCUT2D eigenvalue weighted by molar-refractivity contribution is 7.91. The van der Waals surface area contributed by atoms with Crippen LogP contribution in [0.15, 0.2) is 64.5 Å². The minimum absolute atomic E-state index is 0.00758. The molecule has 0 aliphatic carbocycles. The first-order valence-electron chi connectivity index (χ1n) is 8.19. The van der Waals surface area contributed by atoms with Gasteiger partial charge in [-0.3, -0.25) is 0 Å². The van der Waals surface area contributed by atoms with Crippen LogP contribution in [-0.2, 0) is 9.84 Å². The van der Waals surface area contributed by atoms with Gasteiger partial charge in [0.1, 0.15) is 0 Å². The van der Waals surface area contributed by atoms with Crippen molar-refractivity contribution in [3.63, 3.8) is 0 Å². The zero-order chi connectivity index (χ0) is 17.3. The van der Waals surface area contributed by atoms with E-state index < -0.39 is 9.84 Å². The van der Waals surface area contributed by atoms with Gasteiger partial charge >= 0.3 is 0 Å². The summed E-state index contributed by atoms with van der Waals surface area (Å²) in [5, 5.41) is 13.2. The first-order chi connectivity index (χ1) is 12.2. The molecule has 3 aromatic rings. The second-order valence-corrected chi connectivity index (χ2v) is 7.79. The Morgan fingerprint density at radius 3 is 2.20 bits per heavy atom. The van der Waals surface area contributed by atoms with E-state index in [4.69, 9.17) is 0 Å². The Bertz CT molecular complexity index is 1000. The fourth-order valence-electron chi connectivity index (χ4n) is 3.09. The lowest BCUT2D eigenvalue weighted by molar-refractivity contribution is 0.580. The molecule has 1 aliphatic heterocycles. The quantitative estimate of drug-likeness (QED) is 0.774. The third kappa shape index (κ3) is 2.85. The summed E-state index contributed by atoms with van der Waals surface area (Å²) in [6.07, 6.45) is 0. The Hall–Kier alpha value is -2.51. The third-order valence-electron chi connectivity index (χ3n) is 4.36. The molecule has 25 heavy (non-hydrogen) atoms. The molecule has 2 heterocycles. The number of fused-ring (bicyclic) bond motifs is 1. The van der Waals surface area contributed by atoms with Crippen molar-refractivity contribution in [1.29, 1.82) is 0 Å². The molecular formula is C18H18N4O2S. The molecule has 0 atom stereocenters. The minimum Gasteiger partial charge on any atom is -0.352 e. The number of hydrogen-bond donors (Lipinski definition) is 1. The summed E-state index contributed by atoms with van der Waals surface area (Å²) in [7, 11) is -3.72. The fourth-order valence-corrected chi connectivity index (χ4v) is 4.44. The van der Waals surface area contributed by atoms with Crippen LogP contribution in [0.5, 0.6) is 0 Å². The van der Waals surface area contributed by atoms with Gasteiger partial charge in [0.2, 0.25) is 9.84 Å². The molecule has 1 fully saturated rings. The summed E-state index contributed by atoms with van der Waals surface area (Å²) in [5.41, 5.74) is 0. The first-order valence-corrected chi connectivity index (χ1v) is 9.67. The zero-order valence-corrected chi connectivity index (χ0v) is 14.4. The van der Waals surface area contributed by atoms with E-state index in [1.165, 1.54) is 0 Å². The highest BCUT2D eigenvalue weighted by Crippen LogP contribution is 2.30. The van der Waals surface area contributed by atoms with Crippen LogP contribution in [-0.4, -0.2) is 44.8 Å². The van der Waals surface area contributed by atoms with Gasteiger partial charge in [-0.1, -0.05) is 42.5 Å². The average molecular weight is 354 g/mol. The molecule has 7 heteroatoms. The Morgan fingerprint density at radius 2 is 1.48 bits per heavy atom. The molecule has 0 spiro atoms. The van der Waals surface area contributed by atoms with Crippen molar-refractivity contribution in [1.82, 2.24) is 15.5 Å². The van der Waals surface area contributed by atoms with E-state index in [2.05, 4.69) is 20.4 Å². The first kappa shape index (κ1) is 16.0. The Kier molecular flexibility index (Phi) is 4.10. The summed E-state index contributed by atoms with van der Waals surface area (Å²) in [6.45, 7) is 3.40. The molecule has 6 nitrogen and oxygen atoms in total. The second kappa shape index (κ2) is 6.42. The Morgan fingerprint density at radius 1 is 0.840 bits per heavy atom. The molecule has 4 rings (SSSR count). The van der Waals surface area contributed by atoms with Gasteiger partial charge in [0, 0.05) is 37.0 Å². The smallest absolute Gasteiger partial charge is 0.226 e. The molecule has 1 aliphatic rings. The molecule has 128 valence electrons. The lowest BCUT2D eigenvalue weighted by Gasteiger charge is -2.29. The van der Waals surface area contributed by atoms with Gasteiger partial charge in [0.25, 0.3) is 0 Å². The standard InChI is InChI=1S/C18H18N4O2S/c23-25(24,14-6-2-1-3-7-14)18-16-9-5-4-8-15(16)17(20-21-18)22-12-10-19-11-13-22/h1-9,19H,10-13H2. The van der Waals surface area contributed by atoms with Crippen LogP contribution < -0.4 is 10.2 Å². The van der Waals surface area contributed by atoms with E-state index in [0.717, 1.165) is 37.4 Å². The van der Waals surface area contributed by atoms with Crippen LogP contribution in [0.4, 0.5) is 5.82 Å². The maximum Gasteiger partial charge on any atom is 0.226 e. The number of nitrogens with one attached hydrogen (secondary N) is 1. The van der Waals surface area contributed by atoms with Crippen molar-refractivity contribution >= 4 is 26.4 Å². The van der Waals surface area contributed by atoms with Crippen molar-refractivity contribution < 1.29 is 8.42 Å². The summed E-state index contributed by atoms with van der Waals surface area (Å²) < 4.78 is 26.0. The van der Waals surface area contributed by atoms with Gasteiger partial charge in [-0.2, -0.15) is 0 Å². The third-order valence-corrected chi connectivity index (χ3v) is 6.06. The van der Waals surface area contributed by atoms with E-state index in [0.29, 0.717) is 5.39 Å². The summed E-state index contributed by atoms with van der Waals surface area (Å²) in [6, 6.07) is 15.8. The van der Waals surface area contributed by atoms with Gasteiger partial charge in [-0.05, 0) is 12.1 Å². The fraction of sp³-hybridized carbons (Fsp3) is 0.222. The second-order valence-electron chi connectivity index (χ2n) is 5.93. The van der Waals surface area contributed by atoms with Gasteiger partial charge in [-0.25, -0.2) is 8.42 Å². The van der Waals surface area contributed by atoms with Crippen molar-refractivity contribution in [3.05, 3.63) is 54.6 Å². The Labute approximate surface area is 146 Å². The Balaban J connectivity index is 1.90. The van der Waals surface area contributed by atoms with E-state index in [9.17, 15) is 8.42 Å². The van der Waals surface area contributed by atoms with Crippen molar-refractivity contribution in [2.75, 3.05) is 31.1 Å². The normalized spacial score (nSPS) is 15.4. The van der Waals surface area contributed by atoms with Gasteiger partial charge in [0.05, 0.1) is 4.90 Å². The van der Waals surface area contributed by atoms with Gasteiger partial charge in [-0.15, -0.1) is 10.2 Å². The molecule has 2 aromatic carbocycles. The number of aromatic nitrogens is 2. The van der Waals surface area contributed by atoms with Crippen LogP contribution in [0.1, 0.15) is 0 Å². The number of hydrogen-bond acceptors (Lipinski definition) is 6. The van der Waals surface area contributed by atoms with Crippen LogP contribution in [0.25, 0.3) is 10.8 Å². The molecule has 0 unspecified atom stereocenters. The van der Waals surface area contributed by atoms with E-state index in [1.807, 2.05) is 18.2 Å². The van der Waals surface area contributed by atoms with E-state index >= 15 is 0 Å². The number of anilines is 1. The van der Waals surface area contributed by atoms with E-state index in [-0.39, 0.29) is 9.92 Å².